The molecule has 0 aliphatic carbocycles. The van der Waals surface area contributed by atoms with Gasteiger partial charge in [0.05, 0.1) is 6.04 Å². The van der Waals surface area contributed by atoms with Crippen LogP contribution in [0, 0.1) is 18.8 Å². The summed E-state index contributed by atoms with van der Waals surface area (Å²) in [6.45, 7) is 6.90. The summed E-state index contributed by atoms with van der Waals surface area (Å²) in [4.78, 5) is 34.2. The molecule has 2 bridgehead atoms. The van der Waals surface area contributed by atoms with Gasteiger partial charge in [0.15, 0.2) is 0 Å². The molecule has 3 aliphatic rings. The van der Waals surface area contributed by atoms with E-state index in [1.165, 1.54) is 5.56 Å². The quantitative estimate of drug-likeness (QED) is 0.787. The monoisotopic (exact) mass is 400 g/mol. The van der Waals surface area contributed by atoms with Gasteiger partial charge >= 0.3 is 0 Å². The van der Waals surface area contributed by atoms with Gasteiger partial charge in [-0.1, -0.05) is 6.07 Å². The molecule has 1 aromatic heterocycles. The van der Waals surface area contributed by atoms with Gasteiger partial charge in [-0.3, -0.25) is 9.59 Å². The number of nitrogens with zero attached hydrogens (tertiary/aromatic N) is 3. The molecule has 3 aliphatic heterocycles. The summed E-state index contributed by atoms with van der Waals surface area (Å²) in [5, 5.41) is 3.02. The maximum atomic E-state index is 12.9. The Kier molecular flexibility index (Phi) is 6.04. The number of fused-ring (bicyclic) bond motifs is 4. The number of rotatable bonds is 6. The first-order valence-electron chi connectivity index (χ1n) is 10.9. The van der Waals surface area contributed by atoms with Crippen molar-refractivity contribution in [3.63, 3.8) is 0 Å². The molecule has 3 fully saturated rings. The Morgan fingerprint density at radius 3 is 2.97 bits per heavy atom. The lowest BCUT2D eigenvalue weighted by molar-refractivity contribution is -0.149. The first-order chi connectivity index (χ1) is 14.1. The van der Waals surface area contributed by atoms with Crippen LogP contribution in [0.3, 0.4) is 0 Å². The summed E-state index contributed by atoms with van der Waals surface area (Å²) in [6, 6.07) is 4.39. The number of hydrogen-bond acceptors (Lipinski definition) is 5. The molecule has 0 radical (unpaired) electrons. The molecule has 29 heavy (non-hydrogen) atoms. The lowest BCUT2D eigenvalue weighted by Crippen LogP contribution is -2.67. The number of nitrogens with one attached hydrogen (secondary N) is 1. The molecule has 1 N–H and O–H groups in total. The summed E-state index contributed by atoms with van der Waals surface area (Å²) >= 11 is 0. The second-order valence-corrected chi connectivity index (χ2v) is 8.57. The molecule has 7 nitrogen and oxygen atoms in total. The third-order valence-electron chi connectivity index (χ3n) is 6.72. The summed E-state index contributed by atoms with van der Waals surface area (Å²) < 4.78 is 5.22. The van der Waals surface area contributed by atoms with Crippen LogP contribution in [0.15, 0.2) is 18.3 Å². The second kappa shape index (κ2) is 8.69. The molecule has 4 atom stereocenters. The van der Waals surface area contributed by atoms with Gasteiger partial charge in [0.1, 0.15) is 12.4 Å². The number of hydrogen-bond donors (Lipinski definition) is 1. The number of piperidine rings is 3. The van der Waals surface area contributed by atoms with E-state index in [0.717, 1.165) is 38.2 Å². The lowest BCUT2D eigenvalue weighted by Gasteiger charge is -2.57. The minimum Gasteiger partial charge on any atom is -0.372 e. The molecule has 0 aromatic carbocycles. The third kappa shape index (κ3) is 4.10. The van der Waals surface area contributed by atoms with E-state index in [1.54, 1.807) is 0 Å². The summed E-state index contributed by atoms with van der Waals surface area (Å²) in [6.07, 6.45) is 5.62. The van der Waals surface area contributed by atoms with Crippen molar-refractivity contribution in [1.29, 1.82) is 0 Å². The first kappa shape index (κ1) is 20.1. The predicted molar refractivity (Wildman–Crippen MR) is 111 cm³/mol. The second-order valence-electron chi connectivity index (χ2n) is 8.57. The zero-order valence-corrected chi connectivity index (χ0v) is 17.5. The molecule has 0 unspecified atom stereocenters. The maximum absolute atomic E-state index is 12.9. The minimum atomic E-state index is -0.108. The van der Waals surface area contributed by atoms with Crippen LogP contribution < -0.4 is 10.2 Å². The standard InChI is InChI=1S/C22H32N4O3/c1-3-29-14-20(27)24-11-19-17-10-16(18-7-4-8-21(28)26(18)19)12-25(13-17)22-15(2)6-5-9-23-22/h5-6,9,16-19H,3-4,7-8,10-14H2,1-2H3,(H,24,27)/t16-,17+,18+,19+/m1/s1. The lowest BCUT2D eigenvalue weighted by atomic mass is 9.72. The van der Waals surface area contributed by atoms with Gasteiger partial charge in [0.2, 0.25) is 11.8 Å². The number of pyridine rings is 1. The first-order valence-corrected chi connectivity index (χ1v) is 10.9. The highest BCUT2D eigenvalue weighted by molar-refractivity contribution is 5.79. The van der Waals surface area contributed by atoms with Gasteiger partial charge in [0, 0.05) is 44.9 Å². The van der Waals surface area contributed by atoms with E-state index < -0.39 is 0 Å². The summed E-state index contributed by atoms with van der Waals surface area (Å²) in [5.74, 6) is 2.00. The van der Waals surface area contributed by atoms with E-state index in [0.29, 0.717) is 31.4 Å². The van der Waals surface area contributed by atoms with Crippen molar-refractivity contribution in [3.05, 3.63) is 23.9 Å². The Morgan fingerprint density at radius 1 is 1.34 bits per heavy atom. The van der Waals surface area contributed by atoms with Crippen molar-refractivity contribution in [3.8, 4) is 0 Å². The van der Waals surface area contributed by atoms with E-state index >= 15 is 0 Å². The highest BCUT2D eigenvalue weighted by Gasteiger charge is 2.49. The van der Waals surface area contributed by atoms with Gasteiger partial charge in [-0.05, 0) is 56.6 Å². The Balaban J connectivity index is 1.55. The van der Waals surface area contributed by atoms with Crippen LogP contribution in [-0.2, 0) is 14.3 Å². The Hall–Kier alpha value is -2.15. The van der Waals surface area contributed by atoms with Crippen molar-refractivity contribution in [1.82, 2.24) is 15.2 Å². The molecule has 2 amide bonds. The number of aryl methyl sites for hydroxylation is 1. The predicted octanol–water partition coefficient (Wildman–Crippen LogP) is 1.75. The third-order valence-corrected chi connectivity index (χ3v) is 6.72. The van der Waals surface area contributed by atoms with Crippen molar-refractivity contribution >= 4 is 17.6 Å². The number of anilines is 1. The molecule has 1 aromatic rings. The van der Waals surface area contributed by atoms with Crippen LogP contribution in [0.4, 0.5) is 5.82 Å². The molecule has 7 heteroatoms. The minimum absolute atomic E-state index is 0.0430. The van der Waals surface area contributed by atoms with E-state index in [2.05, 4.69) is 33.1 Å². The molecule has 0 spiro atoms. The molecule has 158 valence electrons. The average Bonchev–Trinajstić information content (AvgIpc) is 2.72. The fraction of sp³-hybridized carbons (Fsp3) is 0.682. The van der Waals surface area contributed by atoms with Gasteiger partial charge in [-0.2, -0.15) is 0 Å². The molecule has 4 rings (SSSR count). The smallest absolute Gasteiger partial charge is 0.246 e. The zero-order chi connectivity index (χ0) is 20.4. The fourth-order valence-corrected chi connectivity index (χ4v) is 5.48. The van der Waals surface area contributed by atoms with Gasteiger partial charge in [-0.25, -0.2) is 4.98 Å². The average molecular weight is 401 g/mol. The highest BCUT2D eigenvalue weighted by Crippen LogP contribution is 2.42. The number of aromatic nitrogens is 1. The number of ether oxygens (including phenoxy) is 1. The van der Waals surface area contributed by atoms with Crippen LogP contribution in [0.2, 0.25) is 0 Å². The summed E-state index contributed by atoms with van der Waals surface area (Å²) in [7, 11) is 0. The Labute approximate surface area is 172 Å². The van der Waals surface area contributed by atoms with Crippen LogP contribution in [0.5, 0.6) is 0 Å². The summed E-state index contributed by atoms with van der Waals surface area (Å²) in [5.41, 5.74) is 1.19. The maximum Gasteiger partial charge on any atom is 0.246 e. The molecular formula is C22H32N4O3. The molecule has 0 saturated carbocycles. The van der Waals surface area contributed by atoms with Crippen LogP contribution >= 0.6 is 0 Å². The number of amides is 2. The molecule has 4 heterocycles. The van der Waals surface area contributed by atoms with Gasteiger partial charge in [0.25, 0.3) is 0 Å². The molecular weight excluding hydrogens is 368 g/mol. The van der Waals surface area contributed by atoms with Crippen LogP contribution in [0.1, 0.15) is 38.2 Å². The van der Waals surface area contributed by atoms with Crippen molar-refractivity contribution < 1.29 is 14.3 Å². The largest absolute Gasteiger partial charge is 0.372 e. The Bertz CT molecular complexity index is 755. The Morgan fingerprint density at radius 2 is 2.17 bits per heavy atom. The van der Waals surface area contributed by atoms with Crippen molar-refractivity contribution in [2.24, 2.45) is 11.8 Å². The van der Waals surface area contributed by atoms with Crippen LogP contribution in [0.25, 0.3) is 0 Å². The van der Waals surface area contributed by atoms with Crippen LogP contribution in [-0.4, -0.2) is 66.6 Å². The van der Waals surface area contributed by atoms with E-state index in [4.69, 9.17) is 4.74 Å². The van der Waals surface area contributed by atoms with Crippen molar-refractivity contribution in [2.75, 3.05) is 37.7 Å². The van der Waals surface area contributed by atoms with Gasteiger partial charge in [-0.15, -0.1) is 0 Å². The van der Waals surface area contributed by atoms with E-state index in [9.17, 15) is 9.59 Å². The van der Waals surface area contributed by atoms with Gasteiger partial charge < -0.3 is 19.9 Å². The number of carbonyl (C=O) groups excluding carboxylic acids is 2. The highest BCUT2D eigenvalue weighted by atomic mass is 16.5. The SMILES string of the molecule is CCOCC(=O)NC[C@H]1[C@H]2C[C@H](CN(c3ncccc3C)C2)[C@@H]2CCCC(=O)N21. The normalized spacial score (nSPS) is 28.8. The number of carbonyl (C=O) groups is 2. The topological polar surface area (TPSA) is 74.8 Å². The molecule has 3 saturated heterocycles. The fourth-order valence-electron chi connectivity index (χ4n) is 5.48. The van der Waals surface area contributed by atoms with E-state index in [-0.39, 0.29) is 30.5 Å². The van der Waals surface area contributed by atoms with E-state index in [1.807, 2.05) is 19.2 Å². The zero-order valence-electron chi connectivity index (χ0n) is 17.5. The van der Waals surface area contributed by atoms with Crippen molar-refractivity contribution in [2.45, 2.75) is 51.6 Å².